The molecule has 3 aliphatic rings. The van der Waals surface area contributed by atoms with Gasteiger partial charge in [0.2, 0.25) is 5.91 Å². The molecule has 2 aliphatic heterocycles. The van der Waals surface area contributed by atoms with Crippen LogP contribution >= 0.6 is 0 Å². The number of carbonyl (C=O) groups excluding carboxylic acids is 1. The van der Waals surface area contributed by atoms with Gasteiger partial charge < -0.3 is 10.2 Å². The van der Waals surface area contributed by atoms with Gasteiger partial charge in [0.05, 0.1) is 5.41 Å². The number of hydrogen-bond acceptors (Lipinski definition) is 2. The van der Waals surface area contributed by atoms with Crippen molar-refractivity contribution in [3.05, 3.63) is 0 Å². The van der Waals surface area contributed by atoms with Crippen molar-refractivity contribution in [3.63, 3.8) is 0 Å². The van der Waals surface area contributed by atoms with Crippen LogP contribution in [0, 0.1) is 11.3 Å². The molecule has 1 aliphatic carbocycles. The quantitative estimate of drug-likeness (QED) is 0.831. The Morgan fingerprint density at radius 3 is 2.68 bits per heavy atom. The Morgan fingerprint density at radius 2 is 1.95 bits per heavy atom. The van der Waals surface area contributed by atoms with E-state index < -0.39 is 0 Å². The highest BCUT2D eigenvalue weighted by molar-refractivity contribution is 5.83. The molecule has 1 N–H and O–H groups in total. The summed E-state index contributed by atoms with van der Waals surface area (Å²) >= 11 is 0. The lowest BCUT2D eigenvalue weighted by Crippen LogP contribution is -2.51. The van der Waals surface area contributed by atoms with E-state index in [1.807, 2.05) is 0 Å². The molecule has 3 rings (SSSR count). The summed E-state index contributed by atoms with van der Waals surface area (Å²) in [6, 6.07) is 0.583. The highest BCUT2D eigenvalue weighted by atomic mass is 16.2. The van der Waals surface area contributed by atoms with Crippen LogP contribution < -0.4 is 5.32 Å². The number of piperidine rings is 1. The highest BCUT2D eigenvalue weighted by Gasteiger charge is 2.46. The van der Waals surface area contributed by atoms with Gasteiger partial charge in [-0.3, -0.25) is 4.79 Å². The molecule has 0 aromatic carbocycles. The van der Waals surface area contributed by atoms with Crippen LogP contribution in [-0.2, 0) is 4.79 Å². The van der Waals surface area contributed by atoms with Gasteiger partial charge >= 0.3 is 0 Å². The second kappa shape index (κ2) is 5.43. The summed E-state index contributed by atoms with van der Waals surface area (Å²) in [5, 5.41) is 3.40. The zero-order valence-electron chi connectivity index (χ0n) is 12.3. The predicted molar refractivity (Wildman–Crippen MR) is 76.9 cm³/mol. The third kappa shape index (κ3) is 2.31. The maximum atomic E-state index is 13.1. The molecule has 3 nitrogen and oxygen atoms in total. The zero-order valence-corrected chi connectivity index (χ0v) is 12.3. The van der Waals surface area contributed by atoms with Crippen molar-refractivity contribution >= 4 is 5.91 Å². The molecule has 2 unspecified atom stereocenters. The molecular weight excluding hydrogens is 236 g/mol. The second-order valence-electron chi connectivity index (χ2n) is 6.78. The van der Waals surface area contributed by atoms with Gasteiger partial charge in [0.1, 0.15) is 0 Å². The summed E-state index contributed by atoms with van der Waals surface area (Å²) in [6.07, 6.45) is 9.67. The average molecular weight is 264 g/mol. The van der Waals surface area contributed by atoms with E-state index in [-0.39, 0.29) is 5.41 Å². The number of nitrogens with one attached hydrogen (secondary N) is 1. The van der Waals surface area contributed by atoms with Gasteiger partial charge in [-0.1, -0.05) is 19.8 Å². The van der Waals surface area contributed by atoms with E-state index in [0.29, 0.717) is 11.9 Å². The van der Waals surface area contributed by atoms with Gasteiger partial charge in [-0.25, -0.2) is 0 Å². The van der Waals surface area contributed by atoms with E-state index in [0.717, 1.165) is 44.8 Å². The normalized spacial score (nSPS) is 34.1. The van der Waals surface area contributed by atoms with Gasteiger partial charge in [0, 0.05) is 12.6 Å². The molecule has 19 heavy (non-hydrogen) atoms. The zero-order chi connectivity index (χ0) is 13.3. The third-order valence-electron chi connectivity index (χ3n) is 5.96. The molecule has 0 spiro atoms. The Hall–Kier alpha value is -0.570. The molecule has 3 fully saturated rings. The summed E-state index contributed by atoms with van der Waals surface area (Å²) in [7, 11) is 0. The van der Waals surface area contributed by atoms with E-state index in [4.69, 9.17) is 0 Å². The van der Waals surface area contributed by atoms with E-state index in [9.17, 15) is 4.79 Å². The number of amides is 1. The molecule has 2 heterocycles. The van der Waals surface area contributed by atoms with E-state index in [1.54, 1.807) is 0 Å². The molecule has 1 amide bonds. The molecule has 0 radical (unpaired) electrons. The van der Waals surface area contributed by atoms with Gasteiger partial charge in [-0.15, -0.1) is 0 Å². The van der Waals surface area contributed by atoms with Crippen molar-refractivity contribution in [2.24, 2.45) is 11.3 Å². The first-order valence-corrected chi connectivity index (χ1v) is 8.29. The van der Waals surface area contributed by atoms with Crippen molar-refractivity contribution in [3.8, 4) is 0 Å². The summed E-state index contributed by atoms with van der Waals surface area (Å²) in [6.45, 7) is 5.27. The van der Waals surface area contributed by atoms with Gasteiger partial charge in [0.15, 0.2) is 0 Å². The topological polar surface area (TPSA) is 32.3 Å². The summed E-state index contributed by atoms with van der Waals surface area (Å²) in [5.41, 5.74) is -0.0441. The van der Waals surface area contributed by atoms with Crippen molar-refractivity contribution < 1.29 is 4.79 Å². The average Bonchev–Trinajstić information content (AvgIpc) is 2.91. The molecule has 0 aromatic heterocycles. The van der Waals surface area contributed by atoms with Crippen LogP contribution in [0.5, 0.6) is 0 Å². The van der Waals surface area contributed by atoms with Crippen molar-refractivity contribution in [2.45, 2.75) is 64.3 Å². The van der Waals surface area contributed by atoms with Crippen LogP contribution in [0.4, 0.5) is 0 Å². The molecule has 108 valence electrons. The van der Waals surface area contributed by atoms with Crippen LogP contribution in [0.3, 0.4) is 0 Å². The monoisotopic (exact) mass is 264 g/mol. The summed E-state index contributed by atoms with van der Waals surface area (Å²) in [4.78, 5) is 15.4. The fourth-order valence-corrected chi connectivity index (χ4v) is 4.59. The predicted octanol–water partition coefficient (Wildman–Crippen LogP) is 2.56. The number of rotatable bonds is 2. The minimum Gasteiger partial charge on any atom is -0.339 e. The Bertz CT molecular complexity index is 336. The molecule has 0 bridgehead atoms. The first kappa shape index (κ1) is 13.4. The molecular formula is C16H28N2O. The maximum Gasteiger partial charge on any atom is 0.229 e. The Morgan fingerprint density at radius 1 is 1.21 bits per heavy atom. The van der Waals surface area contributed by atoms with Crippen LogP contribution in [0.2, 0.25) is 0 Å². The molecule has 2 atom stereocenters. The van der Waals surface area contributed by atoms with Crippen LogP contribution in [0.1, 0.15) is 58.3 Å². The lowest BCUT2D eigenvalue weighted by atomic mass is 9.75. The number of fused-ring (bicyclic) bond motifs is 1. The molecule has 2 saturated heterocycles. The lowest BCUT2D eigenvalue weighted by molar-refractivity contribution is -0.145. The summed E-state index contributed by atoms with van der Waals surface area (Å²) in [5.74, 6) is 1.30. The van der Waals surface area contributed by atoms with Gasteiger partial charge in [-0.05, 0) is 57.5 Å². The van der Waals surface area contributed by atoms with Crippen molar-refractivity contribution in [1.82, 2.24) is 10.2 Å². The van der Waals surface area contributed by atoms with Crippen LogP contribution in [0.15, 0.2) is 0 Å². The van der Waals surface area contributed by atoms with E-state index >= 15 is 0 Å². The number of nitrogens with zero attached hydrogens (tertiary/aromatic N) is 1. The van der Waals surface area contributed by atoms with E-state index in [2.05, 4.69) is 17.1 Å². The smallest absolute Gasteiger partial charge is 0.229 e. The maximum absolute atomic E-state index is 13.1. The highest BCUT2D eigenvalue weighted by Crippen LogP contribution is 2.41. The number of carbonyl (C=O) groups is 1. The summed E-state index contributed by atoms with van der Waals surface area (Å²) < 4.78 is 0. The first-order chi connectivity index (χ1) is 9.27. The molecule has 3 heteroatoms. The SMILES string of the molecule is CCC1(C(=O)N2CCC3CCCCC32)CCNCC1. The largest absolute Gasteiger partial charge is 0.339 e. The Kier molecular flexibility index (Phi) is 3.84. The molecule has 0 aromatic rings. The first-order valence-electron chi connectivity index (χ1n) is 8.29. The van der Waals surface area contributed by atoms with Gasteiger partial charge in [0.25, 0.3) is 0 Å². The number of hydrogen-bond donors (Lipinski definition) is 1. The van der Waals surface area contributed by atoms with Crippen LogP contribution in [-0.4, -0.2) is 36.5 Å². The van der Waals surface area contributed by atoms with Crippen LogP contribution in [0.25, 0.3) is 0 Å². The van der Waals surface area contributed by atoms with Gasteiger partial charge in [-0.2, -0.15) is 0 Å². The molecule has 1 saturated carbocycles. The van der Waals surface area contributed by atoms with Crippen molar-refractivity contribution in [2.75, 3.05) is 19.6 Å². The minimum absolute atomic E-state index is 0.0441. The lowest BCUT2D eigenvalue weighted by Gasteiger charge is -2.41. The minimum atomic E-state index is -0.0441. The van der Waals surface area contributed by atoms with E-state index in [1.165, 1.54) is 32.1 Å². The fourth-order valence-electron chi connectivity index (χ4n) is 4.59. The fraction of sp³-hybridized carbons (Fsp3) is 0.938. The Labute approximate surface area is 117 Å². The Balaban J connectivity index is 1.75. The third-order valence-corrected chi connectivity index (χ3v) is 5.96. The second-order valence-corrected chi connectivity index (χ2v) is 6.78. The van der Waals surface area contributed by atoms with Crippen molar-refractivity contribution in [1.29, 1.82) is 0 Å². The number of likely N-dealkylation sites (tertiary alicyclic amines) is 1. The standard InChI is InChI=1S/C16H28N2O/c1-2-16(8-10-17-11-9-16)15(19)18-12-7-13-5-3-4-6-14(13)18/h13-14,17H,2-12H2,1H3.